The van der Waals surface area contributed by atoms with E-state index in [9.17, 15) is 0 Å². The molecule has 6 nitrogen and oxygen atoms in total. The molecule has 96 valence electrons. The normalized spacial score (nSPS) is 24.9. The number of aromatic nitrogens is 2. The van der Waals surface area contributed by atoms with Crippen LogP contribution in [0.2, 0.25) is 0 Å². The summed E-state index contributed by atoms with van der Waals surface area (Å²) in [6, 6.07) is 0.0498. The molecule has 2 atom stereocenters. The van der Waals surface area contributed by atoms with Crippen LogP contribution in [0.3, 0.4) is 0 Å². The molecule has 0 aromatic carbocycles. The first kappa shape index (κ1) is 12.3. The Morgan fingerprint density at radius 3 is 2.82 bits per heavy atom. The van der Waals surface area contributed by atoms with Gasteiger partial charge in [-0.1, -0.05) is 0 Å². The molecule has 0 saturated carbocycles. The minimum absolute atomic E-state index is 0.0283. The van der Waals surface area contributed by atoms with Gasteiger partial charge in [0.05, 0.1) is 12.5 Å². The average molecular weight is 240 g/mol. The molecule has 0 aliphatic carbocycles. The first-order valence-electron chi connectivity index (χ1n) is 6.18. The zero-order valence-corrected chi connectivity index (χ0v) is 10.4. The predicted octanol–water partition coefficient (Wildman–Crippen LogP) is 0.747. The van der Waals surface area contributed by atoms with Crippen LogP contribution in [0.15, 0.2) is 4.52 Å². The lowest BCUT2D eigenvalue weighted by Crippen LogP contribution is -2.37. The minimum Gasteiger partial charge on any atom is -0.381 e. The van der Waals surface area contributed by atoms with Gasteiger partial charge in [0.2, 0.25) is 5.89 Å². The summed E-state index contributed by atoms with van der Waals surface area (Å²) < 4.78 is 10.7. The van der Waals surface area contributed by atoms with Crippen molar-refractivity contribution in [3.05, 3.63) is 5.89 Å². The van der Waals surface area contributed by atoms with Crippen LogP contribution in [-0.4, -0.2) is 42.5 Å². The van der Waals surface area contributed by atoms with Gasteiger partial charge in [-0.3, -0.25) is 0 Å². The lowest BCUT2D eigenvalue weighted by atomic mass is 9.97. The predicted molar refractivity (Wildman–Crippen MR) is 64.0 cm³/mol. The Morgan fingerprint density at radius 2 is 2.18 bits per heavy atom. The summed E-state index contributed by atoms with van der Waals surface area (Å²) in [4.78, 5) is 6.46. The topological polar surface area (TPSA) is 77.4 Å². The SMILES string of the molecule is CCN(CC)c1noc(C2COCCC2N)n1. The van der Waals surface area contributed by atoms with Gasteiger partial charge in [0.25, 0.3) is 5.95 Å². The van der Waals surface area contributed by atoms with Crippen molar-refractivity contribution in [2.45, 2.75) is 32.2 Å². The molecular formula is C11H20N4O2. The fourth-order valence-electron chi connectivity index (χ4n) is 2.02. The van der Waals surface area contributed by atoms with Crippen LogP contribution >= 0.6 is 0 Å². The summed E-state index contributed by atoms with van der Waals surface area (Å²) >= 11 is 0. The van der Waals surface area contributed by atoms with E-state index < -0.39 is 0 Å². The minimum atomic E-state index is 0.0283. The Labute approximate surface area is 101 Å². The zero-order chi connectivity index (χ0) is 12.3. The summed E-state index contributed by atoms with van der Waals surface area (Å²) in [6.45, 7) is 7.14. The van der Waals surface area contributed by atoms with Crippen LogP contribution in [0.1, 0.15) is 32.1 Å². The molecule has 17 heavy (non-hydrogen) atoms. The third kappa shape index (κ3) is 2.58. The summed E-state index contributed by atoms with van der Waals surface area (Å²) in [5.74, 6) is 1.27. The molecule has 6 heteroatoms. The van der Waals surface area contributed by atoms with Gasteiger partial charge in [0.15, 0.2) is 0 Å². The largest absolute Gasteiger partial charge is 0.381 e. The number of ether oxygens (including phenoxy) is 1. The lowest BCUT2D eigenvalue weighted by Gasteiger charge is -2.25. The smallest absolute Gasteiger partial charge is 0.266 e. The van der Waals surface area contributed by atoms with Gasteiger partial charge in [0, 0.05) is 25.7 Å². The van der Waals surface area contributed by atoms with Crippen molar-refractivity contribution in [2.75, 3.05) is 31.2 Å². The zero-order valence-electron chi connectivity index (χ0n) is 10.4. The first-order chi connectivity index (χ1) is 8.26. The fourth-order valence-corrected chi connectivity index (χ4v) is 2.02. The number of hydrogen-bond acceptors (Lipinski definition) is 6. The average Bonchev–Trinajstić information content (AvgIpc) is 2.81. The van der Waals surface area contributed by atoms with E-state index in [4.69, 9.17) is 15.0 Å². The molecule has 2 unspecified atom stereocenters. The van der Waals surface area contributed by atoms with Crippen molar-refractivity contribution < 1.29 is 9.26 Å². The van der Waals surface area contributed by atoms with Crippen LogP contribution < -0.4 is 10.6 Å². The number of nitrogens with two attached hydrogens (primary N) is 1. The first-order valence-corrected chi connectivity index (χ1v) is 6.18. The van der Waals surface area contributed by atoms with Gasteiger partial charge in [-0.05, 0) is 25.4 Å². The highest BCUT2D eigenvalue weighted by Gasteiger charge is 2.29. The molecule has 2 rings (SSSR count). The fraction of sp³-hybridized carbons (Fsp3) is 0.818. The number of anilines is 1. The molecule has 1 aliphatic heterocycles. The monoisotopic (exact) mass is 240 g/mol. The summed E-state index contributed by atoms with van der Waals surface area (Å²) in [7, 11) is 0. The Morgan fingerprint density at radius 1 is 1.41 bits per heavy atom. The summed E-state index contributed by atoms with van der Waals surface area (Å²) in [6.07, 6.45) is 0.841. The summed E-state index contributed by atoms with van der Waals surface area (Å²) in [5.41, 5.74) is 6.04. The van der Waals surface area contributed by atoms with Crippen molar-refractivity contribution in [3.8, 4) is 0 Å². The van der Waals surface area contributed by atoms with E-state index in [1.165, 1.54) is 0 Å². The van der Waals surface area contributed by atoms with E-state index in [0.717, 1.165) is 19.5 Å². The van der Waals surface area contributed by atoms with Gasteiger partial charge >= 0.3 is 0 Å². The molecule has 1 aromatic rings. The molecule has 0 amide bonds. The van der Waals surface area contributed by atoms with Crippen LogP contribution in [0, 0.1) is 0 Å². The van der Waals surface area contributed by atoms with Crippen molar-refractivity contribution in [1.29, 1.82) is 0 Å². The molecule has 2 heterocycles. The Hall–Kier alpha value is -1.14. The molecule has 0 spiro atoms. The van der Waals surface area contributed by atoms with E-state index in [2.05, 4.69) is 24.0 Å². The highest BCUT2D eigenvalue weighted by molar-refractivity contribution is 5.27. The Kier molecular flexibility index (Phi) is 3.96. The summed E-state index contributed by atoms with van der Waals surface area (Å²) in [5, 5.41) is 4.00. The van der Waals surface area contributed by atoms with Crippen molar-refractivity contribution in [2.24, 2.45) is 5.73 Å². The Bertz CT molecular complexity index is 351. The third-order valence-corrected chi connectivity index (χ3v) is 3.20. The number of nitrogens with zero attached hydrogens (tertiary/aromatic N) is 3. The van der Waals surface area contributed by atoms with Crippen LogP contribution in [0.25, 0.3) is 0 Å². The second-order valence-electron chi connectivity index (χ2n) is 4.24. The van der Waals surface area contributed by atoms with E-state index in [1.807, 2.05) is 4.90 Å². The van der Waals surface area contributed by atoms with E-state index in [-0.39, 0.29) is 12.0 Å². The molecule has 0 radical (unpaired) electrons. The van der Waals surface area contributed by atoms with Crippen molar-refractivity contribution >= 4 is 5.95 Å². The lowest BCUT2D eigenvalue weighted by molar-refractivity contribution is 0.0590. The van der Waals surface area contributed by atoms with Crippen molar-refractivity contribution in [3.63, 3.8) is 0 Å². The maximum atomic E-state index is 6.04. The number of rotatable bonds is 4. The van der Waals surface area contributed by atoms with Crippen LogP contribution in [0.4, 0.5) is 5.95 Å². The van der Waals surface area contributed by atoms with E-state index in [0.29, 0.717) is 25.1 Å². The maximum absolute atomic E-state index is 6.04. The third-order valence-electron chi connectivity index (χ3n) is 3.20. The van der Waals surface area contributed by atoms with Gasteiger partial charge in [-0.2, -0.15) is 4.98 Å². The molecule has 0 bridgehead atoms. The van der Waals surface area contributed by atoms with Crippen LogP contribution in [-0.2, 0) is 4.74 Å². The van der Waals surface area contributed by atoms with E-state index in [1.54, 1.807) is 0 Å². The van der Waals surface area contributed by atoms with Gasteiger partial charge in [0.1, 0.15) is 0 Å². The second kappa shape index (κ2) is 5.46. The quantitative estimate of drug-likeness (QED) is 0.836. The molecule has 1 fully saturated rings. The molecule has 1 aromatic heterocycles. The molecular weight excluding hydrogens is 220 g/mol. The van der Waals surface area contributed by atoms with Crippen molar-refractivity contribution in [1.82, 2.24) is 10.1 Å². The molecule has 2 N–H and O–H groups in total. The second-order valence-corrected chi connectivity index (χ2v) is 4.24. The highest BCUT2D eigenvalue weighted by atomic mass is 16.5. The number of hydrogen-bond donors (Lipinski definition) is 1. The Balaban J connectivity index is 2.11. The standard InChI is InChI=1S/C11H20N4O2/c1-3-15(4-2)11-13-10(17-14-11)8-7-16-6-5-9(8)12/h8-9H,3-7,12H2,1-2H3. The van der Waals surface area contributed by atoms with Gasteiger partial charge in [-0.25, -0.2) is 0 Å². The van der Waals surface area contributed by atoms with Gasteiger partial charge < -0.3 is 19.9 Å². The molecule has 1 aliphatic rings. The van der Waals surface area contributed by atoms with Crippen LogP contribution in [0.5, 0.6) is 0 Å². The molecule has 1 saturated heterocycles. The maximum Gasteiger partial charge on any atom is 0.266 e. The van der Waals surface area contributed by atoms with Gasteiger partial charge in [-0.15, -0.1) is 0 Å². The highest BCUT2D eigenvalue weighted by Crippen LogP contribution is 2.24. The van der Waals surface area contributed by atoms with E-state index >= 15 is 0 Å².